The first-order valence-corrected chi connectivity index (χ1v) is 5.95. The standard InChI is InChI=1S/C11H16O2S/c12-7-10-14-9-4-8-13-11-5-2-1-3-6-11/h1-3,5-6,12H,4,7-10H2. The van der Waals surface area contributed by atoms with E-state index in [2.05, 4.69) is 0 Å². The second-order valence-electron chi connectivity index (χ2n) is 2.85. The van der Waals surface area contributed by atoms with Crippen molar-refractivity contribution in [1.82, 2.24) is 0 Å². The SMILES string of the molecule is OCCSCCCOc1ccccc1. The molecule has 0 aliphatic heterocycles. The lowest BCUT2D eigenvalue weighted by atomic mass is 10.3. The molecule has 0 unspecified atom stereocenters. The smallest absolute Gasteiger partial charge is 0.119 e. The van der Waals surface area contributed by atoms with E-state index in [1.165, 1.54) is 0 Å². The maximum Gasteiger partial charge on any atom is 0.119 e. The summed E-state index contributed by atoms with van der Waals surface area (Å²) in [5, 5.41) is 8.55. The molecular weight excluding hydrogens is 196 g/mol. The summed E-state index contributed by atoms with van der Waals surface area (Å²) in [7, 11) is 0. The van der Waals surface area contributed by atoms with Crippen LogP contribution in [-0.4, -0.2) is 29.8 Å². The minimum atomic E-state index is 0.268. The lowest BCUT2D eigenvalue weighted by molar-refractivity contribution is 0.317. The summed E-state index contributed by atoms with van der Waals surface area (Å²) in [6, 6.07) is 9.83. The molecule has 1 rings (SSSR count). The maximum absolute atomic E-state index is 8.55. The normalized spacial score (nSPS) is 10.1. The molecule has 14 heavy (non-hydrogen) atoms. The van der Waals surface area contributed by atoms with Crippen LogP contribution >= 0.6 is 11.8 Å². The number of hydrogen-bond donors (Lipinski definition) is 1. The minimum Gasteiger partial charge on any atom is -0.494 e. The van der Waals surface area contributed by atoms with Gasteiger partial charge in [-0.1, -0.05) is 18.2 Å². The van der Waals surface area contributed by atoms with E-state index in [1.54, 1.807) is 11.8 Å². The number of benzene rings is 1. The third kappa shape index (κ3) is 5.14. The van der Waals surface area contributed by atoms with Gasteiger partial charge in [0.1, 0.15) is 5.75 Å². The van der Waals surface area contributed by atoms with Crippen molar-refractivity contribution in [2.45, 2.75) is 6.42 Å². The summed E-state index contributed by atoms with van der Waals surface area (Å²) in [5.74, 6) is 2.80. The number of hydrogen-bond acceptors (Lipinski definition) is 3. The molecule has 1 aromatic carbocycles. The van der Waals surface area contributed by atoms with Crippen LogP contribution in [0.15, 0.2) is 30.3 Å². The van der Waals surface area contributed by atoms with Crippen molar-refractivity contribution < 1.29 is 9.84 Å². The van der Waals surface area contributed by atoms with E-state index in [4.69, 9.17) is 9.84 Å². The lowest BCUT2D eigenvalue weighted by Crippen LogP contribution is -1.99. The Morgan fingerprint density at radius 3 is 2.64 bits per heavy atom. The Balaban J connectivity index is 1.99. The van der Waals surface area contributed by atoms with Crippen LogP contribution < -0.4 is 4.74 Å². The van der Waals surface area contributed by atoms with Crippen LogP contribution in [0.25, 0.3) is 0 Å². The van der Waals surface area contributed by atoms with Crippen LogP contribution in [0.1, 0.15) is 6.42 Å². The van der Waals surface area contributed by atoms with Gasteiger partial charge in [0.05, 0.1) is 13.2 Å². The zero-order chi connectivity index (χ0) is 10.1. The molecule has 2 nitrogen and oxygen atoms in total. The quantitative estimate of drug-likeness (QED) is 0.702. The predicted molar refractivity (Wildman–Crippen MR) is 61.0 cm³/mol. The van der Waals surface area contributed by atoms with Gasteiger partial charge in [0.2, 0.25) is 0 Å². The Bertz CT molecular complexity index is 226. The van der Waals surface area contributed by atoms with Gasteiger partial charge < -0.3 is 9.84 Å². The average Bonchev–Trinajstić information content (AvgIpc) is 2.25. The van der Waals surface area contributed by atoms with Crippen molar-refractivity contribution in [2.24, 2.45) is 0 Å². The third-order valence-electron chi connectivity index (χ3n) is 1.68. The molecule has 0 aromatic heterocycles. The fraction of sp³-hybridized carbons (Fsp3) is 0.455. The second-order valence-corrected chi connectivity index (χ2v) is 4.08. The summed E-state index contributed by atoms with van der Waals surface area (Å²) in [4.78, 5) is 0. The molecule has 3 heteroatoms. The number of thioether (sulfide) groups is 1. The van der Waals surface area contributed by atoms with Gasteiger partial charge in [0, 0.05) is 5.75 Å². The molecule has 0 aliphatic carbocycles. The first-order chi connectivity index (χ1) is 6.93. The summed E-state index contributed by atoms with van der Waals surface area (Å²) >= 11 is 1.76. The molecule has 0 fully saturated rings. The molecule has 0 heterocycles. The zero-order valence-electron chi connectivity index (χ0n) is 8.19. The fourth-order valence-corrected chi connectivity index (χ4v) is 1.69. The van der Waals surface area contributed by atoms with E-state index in [0.717, 1.165) is 30.3 Å². The molecule has 1 N–H and O–H groups in total. The van der Waals surface area contributed by atoms with Crippen LogP contribution in [-0.2, 0) is 0 Å². The lowest BCUT2D eigenvalue weighted by Gasteiger charge is -2.04. The minimum absolute atomic E-state index is 0.268. The van der Waals surface area contributed by atoms with Crippen molar-refractivity contribution in [3.05, 3.63) is 30.3 Å². The molecule has 1 aromatic rings. The molecule has 0 atom stereocenters. The zero-order valence-corrected chi connectivity index (χ0v) is 9.00. The molecular formula is C11H16O2S. The first-order valence-electron chi connectivity index (χ1n) is 4.80. The first kappa shape index (κ1) is 11.4. The molecule has 0 bridgehead atoms. The van der Waals surface area contributed by atoms with E-state index in [1.807, 2.05) is 30.3 Å². The van der Waals surface area contributed by atoms with Crippen molar-refractivity contribution >= 4 is 11.8 Å². The van der Waals surface area contributed by atoms with Gasteiger partial charge in [-0.2, -0.15) is 11.8 Å². The number of para-hydroxylation sites is 1. The Morgan fingerprint density at radius 2 is 1.93 bits per heavy atom. The van der Waals surface area contributed by atoms with Gasteiger partial charge >= 0.3 is 0 Å². The summed E-state index contributed by atoms with van der Waals surface area (Å²) in [5.41, 5.74) is 0. The van der Waals surface area contributed by atoms with Crippen LogP contribution in [0.3, 0.4) is 0 Å². The summed E-state index contributed by atoms with van der Waals surface area (Å²) < 4.78 is 5.51. The van der Waals surface area contributed by atoms with Gasteiger partial charge in [0.25, 0.3) is 0 Å². The van der Waals surface area contributed by atoms with Crippen LogP contribution in [0.2, 0.25) is 0 Å². The van der Waals surface area contributed by atoms with Gasteiger partial charge in [-0.3, -0.25) is 0 Å². The van der Waals surface area contributed by atoms with Crippen molar-refractivity contribution in [2.75, 3.05) is 24.7 Å². The van der Waals surface area contributed by atoms with Crippen molar-refractivity contribution in [1.29, 1.82) is 0 Å². The Kier molecular flexibility index (Phi) is 6.28. The molecule has 0 radical (unpaired) electrons. The van der Waals surface area contributed by atoms with E-state index in [0.29, 0.717) is 0 Å². The van der Waals surface area contributed by atoms with E-state index < -0.39 is 0 Å². The number of rotatable bonds is 7. The molecule has 0 amide bonds. The summed E-state index contributed by atoms with van der Waals surface area (Å²) in [6.45, 7) is 1.02. The maximum atomic E-state index is 8.55. The highest BCUT2D eigenvalue weighted by atomic mass is 32.2. The van der Waals surface area contributed by atoms with Gasteiger partial charge in [-0.05, 0) is 24.3 Å². The van der Waals surface area contributed by atoms with Crippen LogP contribution in [0.4, 0.5) is 0 Å². The Labute approximate surface area is 89.3 Å². The molecule has 0 spiro atoms. The second kappa shape index (κ2) is 7.71. The average molecular weight is 212 g/mol. The highest BCUT2D eigenvalue weighted by Crippen LogP contribution is 2.09. The fourth-order valence-electron chi connectivity index (χ4n) is 1.03. The topological polar surface area (TPSA) is 29.5 Å². The Hall–Kier alpha value is -0.670. The van der Waals surface area contributed by atoms with E-state index in [9.17, 15) is 0 Å². The number of aliphatic hydroxyl groups excluding tert-OH is 1. The number of ether oxygens (including phenoxy) is 1. The van der Waals surface area contributed by atoms with Gasteiger partial charge in [-0.25, -0.2) is 0 Å². The van der Waals surface area contributed by atoms with E-state index >= 15 is 0 Å². The van der Waals surface area contributed by atoms with Gasteiger partial charge in [0.15, 0.2) is 0 Å². The number of aliphatic hydroxyl groups is 1. The van der Waals surface area contributed by atoms with Gasteiger partial charge in [-0.15, -0.1) is 0 Å². The third-order valence-corrected chi connectivity index (χ3v) is 2.73. The highest BCUT2D eigenvalue weighted by Gasteiger charge is 1.92. The Morgan fingerprint density at radius 1 is 1.14 bits per heavy atom. The molecule has 78 valence electrons. The van der Waals surface area contributed by atoms with Crippen LogP contribution in [0.5, 0.6) is 5.75 Å². The largest absolute Gasteiger partial charge is 0.494 e. The van der Waals surface area contributed by atoms with Crippen molar-refractivity contribution in [3.63, 3.8) is 0 Å². The van der Waals surface area contributed by atoms with Crippen molar-refractivity contribution in [3.8, 4) is 5.75 Å². The van der Waals surface area contributed by atoms with Crippen LogP contribution in [0, 0.1) is 0 Å². The monoisotopic (exact) mass is 212 g/mol. The van der Waals surface area contributed by atoms with E-state index in [-0.39, 0.29) is 6.61 Å². The molecule has 0 aliphatic rings. The highest BCUT2D eigenvalue weighted by molar-refractivity contribution is 7.99. The predicted octanol–water partition coefficient (Wildman–Crippen LogP) is 2.18. The summed E-state index contributed by atoms with van der Waals surface area (Å²) in [6.07, 6.45) is 1.03. The molecule has 0 saturated heterocycles. The molecule has 0 saturated carbocycles.